The van der Waals surface area contributed by atoms with Crippen molar-refractivity contribution < 1.29 is 9.90 Å². The molecular weight excluding hydrogens is 300 g/mol. The van der Waals surface area contributed by atoms with E-state index >= 15 is 0 Å². The Morgan fingerprint density at radius 1 is 1.46 bits per heavy atom. The van der Waals surface area contributed by atoms with E-state index in [9.17, 15) is 9.90 Å². The second kappa shape index (κ2) is 4.77. The molecule has 1 aromatic carbocycles. The number of phenolic OH excluding ortho intramolecular Hbond substituents is 1. The fourth-order valence-electron chi connectivity index (χ4n) is 0.961. The van der Waals surface area contributed by atoms with Crippen molar-refractivity contribution in [1.82, 2.24) is 0 Å². The number of ketones is 1. The Morgan fingerprint density at radius 2 is 2.15 bits per heavy atom. The minimum Gasteiger partial charge on any atom is -0.507 e. The molecule has 0 fully saturated rings. The van der Waals surface area contributed by atoms with E-state index in [2.05, 4.69) is 31.9 Å². The molecule has 0 radical (unpaired) electrons. The smallest absolute Gasteiger partial charge is 0.167 e. The summed E-state index contributed by atoms with van der Waals surface area (Å²) in [5.74, 6) is -0.0257. The van der Waals surface area contributed by atoms with Crippen molar-refractivity contribution in [2.45, 2.75) is 6.42 Å². The predicted molar refractivity (Wildman–Crippen MR) is 58.5 cm³/mol. The van der Waals surface area contributed by atoms with Gasteiger partial charge in [0.25, 0.3) is 0 Å². The first kappa shape index (κ1) is 10.7. The largest absolute Gasteiger partial charge is 0.507 e. The number of Topliss-reactive ketones (excluding diaryl/α,β-unsaturated/α-hetero) is 1. The van der Waals surface area contributed by atoms with Gasteiger partial charge in [-0.25, -0.2) is 0 Å². The minimum absolute atomic E-state index is 0.0281. The van der Waals surface area contributed by atoms with Crippen LogP contribution in [0.15, 0.2) is 22.7 Å². The molecule has 1 aromatic rings. The second-order valence-corrected chi connectivity index (χ2v) is 4.23. The van der Waals surface area contributed by atoms with Gasteiger partial charge in [-0.15, -0.1) is 0 Å². The highest BCUT2D eigenvalue weighted by Gasteiger charge is 2.09. The summed E-state index contributed by atoms with van der Waals surface area (Å²) in [6.07, 6.45) is 0.398. The minimum atomic E-state index is -0.0538. The number of hydrogen-bond donors (Lipinski definition) is 1. The molecule has 0 heterocycles. The normalized spacial score (nSPS) is 10.0. The zero-order valence-corrected chi connectivity index (χ0v) is 9.93. The van der Waals surface area contributed by atoms with E-state index in [4.69, 9.17) is 0 Å². The van der Waals surface area contributed by atoms with E-state index in [0.29, 0.717) is 17.3 Å². The van der Waals surface area contributed by atoms with Crippen LogP contribution in [0.5, 0.6) is 5.75 Å². The van der Waals surface area contributed by atoms with Crippen LogP contribution >= 0.6 is 31.9 Å². The number of benzene rings is 1. The molecule has 0 amide bonds. The Balaban J connectivity index is 2.95. The summed E-state index contributed by atoms with van der Waals surface area (Å²) in [4.78, 5) is 11.4. The number of hydrogen-bond acceptors (Lipinski definition) is 2. The Labute approximate surface area is 93.2 Å². The van der Waals surface area contributed by atoms with Gasteiger partial charge in [0, 0.05) is 16.2 Å². The van der Waals surface area contributed by atoms with E-state index in [1.807, 2.05) is 0 Å². The Bertz CT molecular complexity index is 323. The number of halogens is 2. The standard InChI is InChI=1S/C9H8Br2O2/c10-4-3-8(12)7-2-1-6(11)5-9(7)13/h1-2,5,13H,3-4H2. The molecule has 70 valence electrons. The molecule has 0 aliphatic carbocycles. The predicted octanol–water partition coefficient (Wildman–Crippen LogP) is 3.12. The summed E-state index contributed by atoms with van der Waals surface area (Å²) in [7, 11) is 0. The van der Waals surface area contributed by atoms with Crippen LogP contribution in [0.25, 0.3) is 0 Å². The lowest BCUT2D eigenvalue weighted by Crippen LogP contribution is -1.99. The molecule has 0 aliphatic heterocycles. The van der Waals surface area contributed by atoms with E-state index in [0.717, 1.165) is 4.47 Å². The average molecular weight is 308 g/mol. The molecule has 0 unspecified atom stereocenters. The van der Waals surface area contributed by atoms with Crippen molar-refractivity contribution in [1.29, 1.82) is 0 Å². The van der Waals surface area contributed by atoms with Crippen LogP contribution in [0, 0.1) is 0 Å². The van der Waals surface area contributed by atoms with Gasteiger partial charge >= 0.3 is 0 Å². The zero-order valence-electron chi connectivity index (χ0n) is 6.76. The van der Waals surface area contributed by atoms with Crippen molar-refractivity contribution in [3.05, 3.63) is 28.2 Å². The molecular formula is C9H8Br2O2. The molecule has 0 spiro atoms. The Kier molecular flexibility index (Phi) is 3.93. The monoisotopic (exact) mass is 306 g/mol. The SMILES string of the molecule is O=C(CCBr)c1ccc(Br)cc1O. The van der Waals surface area contributed by atoms with Crippen molar-refractivity contribution >= 4 is 37.6 Å². The maximum Gasteiger partial charge on any atom is 0.167 e. The number of carbonyl (C=O) groups is 1. The summed E-state index contributed by atoms with van der Waals surface area (Å²) < 4.78 is 0.764. The van der Waals surface area contributed by atoms with Crippen LogP contribution in [-0.4, -0.2) is 16.2 Å². The van der Waals surface area contributed by atoms with Crippen LogP contribution in [0.4, 0.5) is 0 Å². The number of rotatable bonds is 3. The number of phenols is 1. The first-order valence-corrected chi connectivity index (χ1v) is 5.64. The third-order valence-electron chi connectivity index (χ3n) is 1.58. The highest BCUT2D eigenvalue weighted by Crippen LogP contribution is 2.23. The lowest BCUT2D eigenvalue weighted by molar-refractivity contribution is 0.0987. The van der Waals surface area contributed by atoms with Crippen LogP contribution < -0.4 is 0 Å². The van der Waals surface area contributed by atoms with E-state index < -0.39 is 0 Å². The molecule has 2 nitrogen and oxygen atoms in total. The molecule has 0 aliphatic rings. The van der Waals surface area contributed by atoms with E-state index in [-0.39, 0.29) is 11.5 Å². The molecule has 1 N–H and O–H groups in total. The van der Waals surface area contributed by atoms with Crippen molar-refractivity contribution in [2.75, 3.05) is 5.33 Å². The number of alkyl halides is 1. The van der Waals surface area contributed by atoms with Crippen LogP contribution in [0.3, 0.4) is 0 Å². The molecule has 0 saturated heterocycles. The van der Waals surface area contributed by atoms with Gasteiger partial charge in [0.05, 0.1) is 5.56 Å². The highest BCUT2D eigenvalue weighted by molar-refractivity contribution is 9.10. The lowest BCUT2D eigenvalue weighted by atomic mass is 10.1. The summed E-state index contributed by atoms with van der Waals surface area (Å²) in [5.41, 5.74) is 0.377. The van der Waals surface area contributed by atoms with Gasteiger partial charge in [-0.05, 0) is 18.2 Å². The summed E-state index contributed by atoms with van der Waals surface area (Å²) in [6, 6.07) is 4.87. The molecule has 0 atom stereocenters. The quantitative estimate of drug-likeness (QED) is 0.688. The van der Waals surface area contributed by atoms with Gasteiger partial charge in [-0.2, -0.15) is 0 Å². The van der Waals surface area contributed by atoms with Crippen molar-refractivity contribution in [2.24, 2.45) is 0 Å². The van der Waals surface area contributed by atoms with Crippen molar-refractivity contribution in [3.8, 4) is 5.75 Å². The van der Waals surface area contributed by atoms with Crippen LogP contribution in [0.2, 0.25) is 0 Å². The van der Waals surface area contributed by atoms with Gasteiger partial charge in [0.15, 0.2) is 5.78 Å². The maximum atomic E-state index is 11.4. The fourth-order valence-corrected chi connectivity index (χ4v) is 1.67. The van der Waals surface area contributed by atoms with Gasteiger partial charge < -0.3 is 5.11 Å². The molecule has 0 aromatic heterocycles. The first-order chi connectivity index (χ1) is 6.15. The van der Waals surface area contributed by atoms with Crippen LogP contribution in [0.1, 0.15) is 16.8 Å². The summed E-state index contributed by atoms with van der Waals surface area (Å²) in [5, 5.41) is 10.0. The number of carbonyl (C=O) groups excluding carboxylic acids is 1. The van der Waals surface area contributed by atoms with Crippen LogP contribution in [-0.2, 0) is 0 Å². The Hall–Kier alpha value is -0.350. The van der Waals surface area contributed by atoms with Gasteiger partial charge in [-0.1, -0.05) is 31.9 Å². The molecule has 0 saturated carbocycles. The van der Waals surface area contributed by atoms with E-state index in [1.54, 1.807) is 12.1 Å². The topological polar surface area (TPSA) is 37.3 Å². The summed E-state index contributed by atoms with van der Waals surface area (Å²) >= 11 is 6.38. The second-order valence-electron chi connectivity index (χ2n) is 2.52. The molecule has 0 bridgehead atoms. The van der Waals surface area contributed by atoms with E-state index in [1.165, 1.54) is 6.07 Å². The molecule has 13 heavy (non-hydrogen) atoms. The lowest BCUT2D eigenvalue weighted by Gasteiger charge is -2.02. The zero-order chi connectivity index (χ0) is 9.84. The van der Waals surface area contributed by atoms with Gasteiger partial charge in [0.1, 0.15) is 5.75 Å². The molecule has 4 heteroatoms. The third-order valence-corrected chi connectivity index (χ3v) is 2.47. The third kappa shape index (κ3) is 2.81. The number of aromatic hydroxyl groups is 1. The summed E-state index contributed by atoms with van der Waals surface area (Å²) in [6.45, 7) is 0. The highest BCUT2D eigenvalue weighted by atomic mass is 79.9. The van der Waals surface area contributed by atoms with Gasteiger partial charge in [-0.3, -0.25) is 4.79 Å². The fraction of sp³-hybridized carbons (Fsp3) is 0.222. The van der Waals surface area contributed by atoms with Crippen molar-refractivity contribution in [3.63, 3.8) is 0 Å². The average Bonchev–Trinajstić information content (AvgIpc) is 2.04. The first-order valence-electron chi connectivity index (χ1n) is 3.73. The van der Waals surface area contributed by atoms with Gasteiger partial charge in [0.2, 0.25) is 0 Å². The Morgan fingerprint density at radius 3 is 2.69 bits per heavy atom. The molecule has 1 rings (SSSR count). The maximum absolute atomic E-state index is 11.4.